The van der Waals surface area contributed by atoms with Crippen LogP contribution in [0.5, 0.6) is 0 Å². The fraction of sp³-hybridized carbons (Fsp3) is 0.867. The van der Waals surface area contributed by atoms with E-state index in [0.717, 1.165) is 39.0 Å². The minimum atomic E-state index is -0.489. The first-order valence-electron chi connectivity index (χ1n) is 7.93. The summed E-state index contributed by atoms with van der Waals surface area (Å²) in [6, 6.07) is 0. The van der Waals surface area contributed by atoms with Crippen LogP contribution in [0, 0.1) is 5.41 Å². The molecule has 138 valence electrons. The third-order valence-electron chi connectivity index (χ3n) is 4.71. The molecular weight excluding hydrogens is 339 g/mol. The number of hydrogen-bond acceptors (Lipinski definition) is 4. The molecule has 2 amide bonds. The van der Waals surface area contributed by atoms with Crippen LogP contribution in [0.15, 0.2) is 0 Å². The molecule has 8 heteroatoms. The van der Waals surface area contributed by atoms with Gasteiger partial charge >= 0.3 is 0 Å². The summed E-state index contributed by atoms with van der Waals surface area (Å²) in [5, 5.41) is 2.88. The third-order valence-corrected chi connectivity index (χ3v) is 4.71. The van der Waals surface area contributed by atoms with Crippen molar-refractivity contribution in [3.05, 3.63) is 0 Å². The molecule has 23 heavy (non-hydrogen) atoms. The van der Waals surface area contributed by atoms with Crippen LogP contribution in [0.3, 0.4) is 0 Å². The Morgan fingerprint density at radius 1 is 1.09 bits per heavy atom. The predicted molar refractivity (Wildman–Crippen MR) is 98.3 cm³/mol. The van der Waals surface area contributed by atoms with E-state index in [1.165, 1.54) is 0 Å². The van der Waals surface area contributed by atoms with Crippen molar-refractivity contribution in [2.24, 2.45) is 11.1 Å². The van der Waals surface area contributed by atoms with Gasteiger partial charge in [-0.3, -0.25) is 9.59 Å². The molecule has 0 aromatic rings. The topological polar surface area (TPSA) is 78.7 Å². The number of piperazine rings is 1. The van der Waals surface area contributed by atoms with Gasteiger partial charge in [0.2, 0.25) is 11.8 Å². The van der Waals surface area contributed by atoms with Gasteiger partial charge in [-0.25, -0.2) is 0 Å². The lowest BCUT2D eigenvalue weighted by atomic mass is 9.81. The Morgan fingerprint density at radius 2 is 1.61 bits per heavy atom. The normalized spacial score (nSPS) is 15.4. The summed E-state index contributed by atoms with van der Waals surface area (Å²) in [5.41, 5.74) is 5.26. The first-order chi connectivity index (χ1) is 9.99. The van der Waals surface area contributed by atoms with Crippen molar-refractivity contribution in [2.75, 3.05) is 46.3 Å². The second-order valence-corrected chi connectivity index (χ2v) is 5.88. The Morgan fingerprint density at radius 3 is 2.04 bits per heavy atom. The van der Waals surface area contributed by atoms with E-state index in [1.807, 2.05) is 18.7 Å². The van der Waals surface area contributed by atoms with E-state index >= 15 is 0 Å². The number of hydrogen-bond donors (Lipinski definition) is 2. The van der Waals surface area contributed by atoms with Crippen LogP contribution in [0.25, 0.3) is 0 Å². The van der Waals surface area contributed by atoms with Crippen molar-refractivity contribution in [1.29, 1.82) is 0 Å². The van der Waals surface area contributed by atoms with Crippen LogP contribution in [0.4, 0.5) is 0 Å². The standard InChI is InChI=1S/C15H30N4O2.2ClH/c1-4-15(5-2,12-16)14(21)17-7-6-13(20)19-10-8-18(3)9-11-19;;/h4-12,16H2,1-3H3,(H,17,21);2*1H. The molecule has 1 aliphatic rings. The van der Waals surface area contributed by atoms with Gasteiger partial charge in [0.05, 0.1) is 5.41 Å². The Bertz CT molecular complexity index is 349. The fourth-order valence-electron chi connectivity index (χ4n) is 2.64. The molecule has 1 aliphatic heterocycles. The summed E-state index contributed by atoms with van der Waals surface area (Å²) in [6.45, 7) is 8.08. The van der Waals surface area contributed by atoms with Crippen LogP contribution in [0.1, 0.15) is 33.1 Å². The molecule has 0 aromatic carbocycles. The van der Waals surface area contributed by atoms with Crippen LogP contribution in [-0.4, -0.2) is 67.9 Å². The molecule has 0 bridgehead atoms. The van der Waals surface area contributed by atoms with Crippen LogP contribution >= 0.6 is 24.8 Å². The number of amides is 2. The number of carbonyl (C=O) groups excluding carboxylic acids is 2. The molecule has 0 aliphatic carbocycles. The number of nitrogens with one attached hydrogen (secondary N) is 1. The van der Waals surface area contributed by atoms with Gasteiger partial charge in [0.15, 0.2) is 0 Å². The third kappa shape index (κ3) is 6.83. The van der Waals surface area contributed by atoms with Crippen molar-refractivity contribution in [3.8, 4) is 0 Å². The van der Waals surface area contributed by atoms with Crippen LogP contribution in [-0.2, 0) is 9.59 Å². The first kappa shape index (κ1) is 24.7. The molecule has 1 heterocycles. The number of nitrogens with zero attached hydrogens (tertiary/aromatic N) is 2. The lowest BCUT2D eigenvalue weighted by Crippen LogP contribution is -2.49. The van der Waals surface area contributed by atoms with Crippen molar-refractivity contribution in [2.45, 2.75) is 33.1 Å². The summed E-state index contributed by atoms with van der Waals surface area (Å²) in [5.74, 6) is 0.0934. The Kier molecular flexibility index (Phi) is 12.8. The number of halogens is 2. The maximum absolute atomic E-state index is 12.2. The summed E-state index contributed by atoms with van der Waals surface area (Å²) >= 11 is 0. The Balaban J connectivity index is 0. The molecule has 3 N–H and O–H groups in total. The monoisotopic (exact) mass is 370 g/mol. The van der Waals surface area contributed by atoms with E-state index in [-0.39, 0.29) is 36.6 Å². The zero-order valence-electron chi connectivity index (χ0n) is 14.5. The average Bonchev–Trinajstić information content (AvgIpc) is 2.50. The zero-order chi connectivity index (χ0) is 15.9. The molecule has 0 radical (unpaired) electrons. The number of likely N-dealkylation sites (N-methyl/N-ethyl adjacent to an activating group) is 1. The first-order valence-corrected chi connectivity index (χ1v) is 7.93. The largest absolute Gasteiger partial charge is 0.355 e. The summed E-state index contributed by atoms with van der Waals surface area (Å²) in [4.78, 5) is 28.4. The van der Waals surface area contributed by atoms with Crippen LogP contribution < -0.4 is 11.1 Å². The molecule has 0 atom stereocenters. The quantitative estimate of drug-likeness (QED) is 0.696. The molecule has 0 aromatic heterocycles. The van der Waals surface area contributed by atoms with E-state index in [0.29, 0.717) is 19.5 Å². The molecule has 0 spiro atoms. The minimum Gasteiger partial charge on any atom is -0.355 e. The highest BCUT2D eigenvalue weighted by molar-refractivity contribution is 5.85. The van der Waals surface area contributed by atoms with E-state index in [1.54, 1.807) is 0 Å². The summed E-state index contributed by atoms with van der Waals surface area (Å²) in [6.07, 6.45) is 1.81. The van der Waals surface area contributed by atoms with Gasteiger partial charge in [-0.15, -0.1) is 24.8 Å². The molecule has 0 saturated carbocycles. The van der Waals surface area contributed by atoms with Gasteiger partial charge < -0.3 is 20.9 Å². The van der Waals surface area contributed by atoms with Gasteiger partial charge in [-0.05, 0) is 19.9 Å². The second-order valence-electron chi connectivity index (χ2n) is 5.88. The van der Waals surface area contributed by atoms with Crippen molar-refractivity contribution in [3.63, 3.8) is 0 Å². The highest BCUT2D eigenvalue weighted by Crippen LogP contribution is 2.24. The van der Waals surface area contributed by atoms with Gasteiger partial charge in [0.1, 0.15) is 0 Å². The number of carbonyl (C=O) groups is 2. The molecular formula is C15H32Cl2N4O2. The average molecular weight is 371 g/mol. The van der Waals surface area contributed by atoms with Crippen LogP contribution in [0.2, 0.25) is 0 Å². The van der Waals surface area contributed by atoms with E-state index < -0.39 is 5.41 Å². The summed E-state index contributed by atoms with van der Waals surface area (Å²) in [7, 11) is 2.06. The van der Waals surface area contributed by atoms with Crippen molar-refractivity contribution >= 4 is 36.6 Å². The van der Waals surface area contributed by atoms with E-state index in [2.05, 4.69) is 17.3 Å². The second kappa shape index (κ2) is 11.9. The molecule has 0 unspecified atom stereocenters. The zero-order valence-corrected chi connectivity index (χ0v) is 16.1. The fourth-order valence-corrected chi connectivity index (χ4v) is 2.64. The lowest BCUT2D eigenvalue weighted by Gasteiger charge is -2.32. The van der Waals surface area contributed by atoms with E-state index in [9.17, 15) is 9.59 Å². The lowest BCUT2D eigenvalue weighted by molar-refractivity contribution is -0.133. The van der Waals surface area contributed by atoms with Gasteiger partial charge in [0.25, 0.3) is 0 Å². The van der Waals surface area contributed by atoms with Crippen molar-refractivity contribution in [1.82, 2.24) is 15.1 Å². The maximum Gasteiger partial charge on any atom is 0.227 e. The number of nitrogens with two attached hydrogens (primary N) is 1. The van der Waals surface area contributed by atoms with Gasteiger partial charge in [-0.1, -0.05) is 13.8 Å². The molecule has 1 rings (SSSR count). The molecule has 6 nitrogen and oxygen atoms in total. The highest BCUT2D eigenvalue weighted by atomic mass is 35.5. The Labute approximate surface area is 152 Å². The SMILES string of the molecule is CCC(CC)(CN)C(=O)NCCC(=O)N1CCN(C)CC1.Cl.Cl. The Hall–Kier alpha value is -0.560. The van der Waals surface area contributed by atoms with E-state index in [4.69, 9.17) is 5.73 Å². The van der Waals surface area contributed by atoms with Gasteiger partial charge in [-0.2, -0.15) is 0 Å². The molecule has 1 fully saturated rings. The van der Waals surface area contributed by atoms with Crippen molar-refractivity contribution < 1.29 is 9.59 Å². The maximum atomic E-state index is 12.2. The predicted octanol–water partition coefficient (Wildman–Crippen LogP) is 0.875. The smallest absolute Gasteiger partial charge is 0.227 e. The minimum absolute atomic E-state index is 0. The van der Waals surface area contributed by atoms with Gasteiger partial charge in [0, 0.05) is 45.7 Å². The highest BCUT2D eigenvalue weighted by Gasteiger charge is 2.33. The number of rotatable bonds is 7. The molecule has 1 saturated heterocycles. The summed E-state index contributed by atoms with van der Waals surface area (Å²) < 4.78 is 0.